The summed E-state index contributed by atoms with van der Waals surface area (Å²) in [6, 6.07) is 7.57. The van der Waals surface area contributed by atoms with E-state index in [9.17, 15) is 4.79 Å². The maximum absolute atomic E-state index is 11.8. The molecule has 1 aliphatic rings. The molecule has 0 bridgehead atoms. The van der Waals surface area contributed by atoms with Gasteiger partial charge in [0.05, 0.1) is 12.8 Å². The van der Waals surface area contributed by atoms with E-state index >= 15 is 0 Å². The lowest BCUT2D eigenvalue weighted by Crippen LogP contribution is -2.36. The van der Waals surface area contributed by atoms with Crippen molar-refractivity contribution in [3.05, 3.63) is 24.3 Å². The third kappa shape index (κ3) is 3.12. The van der Waals surface area contributed by atoms with E-state index in [-0.39, 0.29) is 6.03 Å². The minimum atomic E-state index is -0.151. The summed E-state index contributed by atoms with van der Waals surface area (Å²) in [7, 11) is 1.59. The van der Waals surface area contributed by atoms with Crippen LogP contribution in [0.25, 0.3) is 0 Å². The molecule has 1 aliphatic carbocycles. The smallest absolute Gasteiger partial charge is 0.319 e. The van der Waals surface area contributed by atoms with Crippen molar-refractivity contribution in [2.45, 2.75) is 31.7 Å². The molecule has 0 aliphatic heterocycles. The number of amides is 2. The normalized spacial score (nSPS) is 15.6. The van der Waals surface area contributed by atoms with Crippen LogP contribution in [0.5, 0.6) is 5.75 Å². The Morgan fingerprint density at radius 3 is 2.71 bits per heavy atom. The van der Waals surface area contributed by atoms with Gasteiger partial charge in [0.2, 0.25) is 0 Å². The van der Waals surface area contributed by atoms with Crippen LogP contribution >= 0.6 is 0 Å². The summed E-state index contributed by atoms with van der Waals surface area (Å²) in [5.41, 5.74) is 0.700. The van der Waals surface area contributed by atoms with E-state index in [0.29, 0.717) is 17.5 Å². The molecule has 1 fully saturated rings. The average Bonchev–Trinajstić information content (AvgIpc) is 2.82. The molecular weight excluding hydrogens is 216 g/mol. The molecule has 0 heterocycles. The van der Waals surface area contributed by atoms with Gasteiger partial charge in [0.15, 0.2) is 0 Å². The fourth-order valence-corrected chi connectivity index (χ4v) is 2.16. The predicted octanol–water partition coefficient (Wildman–Crippen LogP) is 2.76. The number of rotatable bonds is 3. The molecule has 2 rings (SSSR count). The van der Waals surface area contributed by atoms with E-state index in [0.717, 1.165) is 12.8 Å². The highest BCUT2D eigenvalue weighted by Crippen LogP contribution is 2.23. The van der Waals surface area contributed by atoms with Gasteiger partial charge in [0, 0.05) is 6.04 Å². The number of ether oxygens (including phenoxy) is 1. The largest absolute Gasteiger partial charge is 0.495 e. The molecule has 92 valence electrons. The topological polar surface area (TPSA) is 50.4 Å². The molecule has 0 radical (unpaired) electrons. The first-order chi connectivity index (χ1) is 8.29. The number of methoxy groups -OCH3 is 1. The maximum Gasteiger partial charge on any atom is 0.319 e. The lowest BCUT2D eigenvalue weighted by atomic mass is 10.2. The van der Waals surface area contributed by atoms with Crippen LogP contribution in [0, 0.1) is 0 Å². The number of nitrogens with one attached hydrogen (secondary N) is 2. The quantitative estimate of drug-likeness (QED) is 0.844. The van der Waals surface area contributed by atoms with E-state index in [4.69, 9.17) is 4.74 Å². The molecule has 2 amide bonds. The second-order valence-electron chi connectivity index (χ2n) is 4.28. The molecule has 1 aromatic carbocycles. The summed E-state index contributed by atoms with van der Waals surface area (Å²) in [6.45, 7) is 0. The standard InChI is InChI=1S/C13H18N2O2/c1-17-12-9-5-4-8-11(12)15-13(16)14-10-6-2-3-7-10/h4-5,8-10H,2-3,6-7H2,1H3,(H2,14,15,16). The molecule has 0 atom stereocenters. The average molecular weight is 234 g/mol. The predicted molar refractivity (Wildman–Crippen MR) is 67.4 cm³/mol. The number of benzene rings is 1. The molecule has 0 unspecified atom stereocenters. The van der Waals surface area contributed by atoms with Gasteiger partial charge in [-0.25, -0.2) is 4.79 Å². The van der Waals surface area contributed by atoms with E-state index in [1.165, 1.54) is 12.8 Å². The minimum Gasteiger partial charge on any atom is -0.495 e. The summed E-state index contributed by atoms with van der Waals surface area (Å²) in [5.74, 6) is 0.675. The van der Waals surface area contributed by atoms with Crippen molar-refractivity contribution in [1.29, 1.82) is 0 Å². The van der Waals surface area contributed by atoms with Crippen LogP contribution in [0.2, 0.25) is 0 Å². The Kier molecular flexibility index (Phi) is 3.85. The molecule has 0 spiro atoms. The zero-order valence-corrected chi connectivity index (χ0v) is 10.0. The molecular formula is C13H18N2O2. The Labute approximate surface area is 101 Å². The van der Waals surface area contributed by atoms with Gasteiger partial charge in [0.1, 0.15) is 5.75 Å². The lowest BCUT2D eigenvalue weighted by molar-refractivity contribution is 0.248. The molecule has 17 heavy (non-hydrogen) atoms. The lowest BCUT2D eigenvalue weighted by Gasteiger charge is -2.14. The molecule has 0 saturated heterocycles. The Hall–Kier alpha value is -1.71. The van der Waals surface area contributed by atoms with Gasteiger partial charge < -0.3 is 15.4 Å². The summed E-state index contributed by atoms with van der Waals surface area (Å²) in [5, 5.41) is 5.79. The molecule has 0 aromatic heterocycles. The number of anilines is 1. The Bertz CT molecular complexity index is 387. The fraction of sp³-hybridized carbons (Fsp3) is 0.462. The van der Waals surface area contributed by atoms with Gasteiger partial charge in [-0.3, -0.25) is 0 Å². The molecule has 2 N–H and O–H groups in total. The van der Waals surface area contributed by atoms with E-state index in [2.05, 4.69) is 10.6 Å². The summed E-state index contributed by atoms with van der Waals surface area (Å²) < 4.78 is 5.17. The van der Waals surface area contributed by atoms with Crippen molar-refractivity contribution >= 4 is 11.7 Å². The van der Waals surface area contributed by atoms with Gasteiger partial charge >= 0.3 is 6.03 Å². The van der Waals surface area contributed by atoms with Crippen molar-refractivity contribution in [3.63, 3.8) is 0 Å². The van der Waals surface area contributed by atoms with Crippen LogP contribution < -0.4 is 15.4 Å². The third-order valence-electron chi connectivity index (χ3n) is 3.05. The number of carbonyl (C=O) groups is 1. The Morgan fingerprint density at radius 2 is 2.00 bits per heavy atom. The Morgan fingerprint density at radius 1 is 1.29 bits per heavy atom. The SMILES string of the molecule is COc1ccccc1NC(=O)NC1CCCC1. The van der Waals surface area contributed by atoms with Crippen LogP contribution in [0.1, 0.15) is 25.7 Å². The molecule has 4 nitrogen and oxygen atoms in total. The number of urea groups is 1. The van der Waals surface area contributed by atoms with E-state index in [1.54, 1.807) is 7.11 Å². The van der Waals surface area contributed by atoms with Crippen LogP contribution in [-0.2, 0) is 0 Å². The van der Waals surface area contributed by atoms with Crippen molar-refractivity contribution < 1.29 is 9.53 Å². The van der Waals surface area contributed by atoms with Crippen LogP contribution in [0.3, 0.4) is 0 Å². The monoisotopic (exact) mass is 234 g/mol. The van der Waals surface area contributed by atoms with Gasteiger partial charge in [-0.15, -0.1) is 0 Å². The van der Waals surface area contributed by atoms with Crippen LogP contribution in [-0.4, -0.2) is 19.2 Å². The summed E-state index contributed by atoms with van der Waals surface area (Å²) in [4.78, 5) is 11.8. The second-order valence-corrected chi connectivity index (χ2v) is 4.28. The third-order valence-corrected chi connectivity index (χ3v) is 3.05. The molecule has 1 aromatic rings. The fourth-order valence-electron chi connectivity index (χ4n) is 2.16. The van der Waals surface area contributed by atoms with Gasteiger partial charge in [-0.1, -0.05) is 25.0 Å². The van der Waals surface area contributed by atoms with Gasteiger partial charge in [0.25, 0.3) is 0 Å². The first-order valence-corrected chi connectivity index (χ1v) is 6.00. The van der Waals surface area contributed by atoms with Gasteiger partial charge in [-0.05, 0) is 25.0 Å². The second kappa shape index (κ2) is 5.57. The van der Waals surface area contributed by atoms with E-state index in [1.807, 2.05) is 24.3 Å². The molecule has 4 heteroatoms. The zero-order valence-electron chi connectivity index (χ0n) is 10.0. The first-order valence-electron chi connectivity index (χ1n) is 6.00. The maximum atomic E-state index is 11.8. The van der Waals surface area contributed by atoms with Crippen molar-refractivity contribution in [2.75, 3.05) is 12.4 Å². The van der Waals surface area contributed by atoms with E-state index < -0.39 is 0 Å². The summed E-state index contributed by atoms with van der Waals surface area (Å²) in [6.07, 6.45) is 4.58. The van der Waals surface area contributed by atoms with Crippen molar-refractivity contribution in [1.82, 2.24) is 5.32 Å². The van der Waals surface area contributed by atoms with Crippen molar-refractivity contribution in [2.24, 2.45) is 0 Å². The Balaban J connectivity index is 1.92. The first kappa shape index (κ1) is 11.8. The van der Waals surface area contributed by atoms with Gasteiger partial charge in [-0.2, -0.15) is 0 Å². The summed E-state index contributed by atoms with van der Waals surface area (Å²) >= 11 is 0. The minimum absolute atomic E-state index is 0.151. The number of carbonyl (C=O) groups excluding carboxylic acids is 1. The van der Waals surface area contributed by atoms with Crippen LogP contribution in [0.15, 0.2) is 24.3 Å². The van der Waals surface area contributed by atoms with Crippen molar-refractivity contribution in [3.8, 4) is 5.75 Å². The highest BCUT2D eigenvalue weighted by atomic mass is 16.5. The highest BCUT2D eigenvalue weighted by molar-refractivity contribution is 5.91. The number of hydrogen-bond donors (Lipinski definition) is 2. The zero-order chi connectivity index (χ0) is 12.1. The number of hydrogen-bond acceptors (Lipinski definition) is 2. The van der Waals surface area contributed by atoms with Crippen LogP contribution in [0.4, 0.5) is 10.5 Å². The molecule has 1 saturated carbocycles. The number of para-hydroxylation sites is 2. The highest BCUT2D eigenvalue weighted by Gasteiger charge is 2.17.